The van der Waals surface area contributed by atoms with Crippen molar-refractivity contribution in [1.82, 2.24) is 10.3 Å². The summed E-state index contributed by atoms with van der Waals surface area (Å²) in [6.45, 7) is 4.93. The molecule has 1 aromatic carbocycles. The van der Waals surface area contributed by atoms with E-state index in [1.807, 2.05) is 18.2 Å². The molecule has 1 amide bonds. The van der Waals surface area contributed by atoms with Crippen LogP contribution in [0, 0.1) is 0 Å². The largest absolute Gasteiger partial charge is 0.338 e. The average molecular weight is 477 g/mol. The number of alkyl halides is 3. The van der Waals surface area contributed by atoms with Gasteiger partial charge in [0.25, 0.3) is 11.8 Å². The third kappa shape index (κ3) is 5.53. The molecule has 0 aliphatic heterocycles. The van der Waals surface area contributed by atoms with E-state index in [4.69, 9.17) is 0 Å². The molecule has 4 rings (SSSR count). The first-order valence-corrected chi connectivity index (χ1v) is 11.5. The van der Waals surface area contributed by atoms with Gasteiger partial charge in [-0.3, -0.25) is 4.79 Å². The summed E-state index contributed by atoms with van der Waals surface area (Å²) in [5.74, 6) is -3.96. The highest BCUT2D eigenvalue weighted by Gasteiger charge is 2.41. The number of allylic oxidation sites excluding steroid dienone is 8. The van der Waals surface area contributed by atoms with Crippen LogP contribution in [0.2, 0.25) is 0 Å². The summed E-state index contributed by atoms with van der Waals surface area (Å²) >= 11 is 0. The van der Waals surface area contributed by atoms with Gasteiger partial charge >= 0.3 is 0 Å². The van der Waals surface area contributed by atoms with Crippen molar-refractivity contribution >= 4 is 17.6 Å². The summed E-state index contributed by atoms with van der Waals surface area (Å²) in [4.78, 5) is 18.1. The van der Waals surface area contributed by atoms with Crippen LogP contribution in [0.4, 0.5) is 13.2 Å². The van der Waals surface area contributed by atoms with Gasteiger partial charge in [0.2, 0.25) is 0 Å². The maximum atomic E-state index is 15.1. The van der Waals surface area contributed by atoms with Crippen LogP contribution in [0.1, 0.15) is 58.7 Å². The minimum atomic E-state index is -3.26. The Morgan fingerprint density at radius 1 is 1.26 bits per heavy atom. The maximum absolute atomic E-state index is 15.1. The molecule has 3 nitrogen and oxygen atoms in total. The van der Waals surface area contributed by atoms with Crippen LogP contribution in [-0.2, 0) is 6.42 Å². The van der Waals surface area contributed by atoms with Gasteiger partial charge in [-0.1, -0.05) is 72.9 Å². The quantitative estimate of drug-likeness (QED) is 0.439. The van der Waals surface area contributed by atoms with Crippen LogP contribution < -0.4 is 5.32 Å². The van der Waals surface area contributed by atoms with Crippen molar-refractivity contribution in [1.29, 1.82) is 0 Å². The van der Waals surface area contributed by atoms with E-state index in [1.54, 1.807) is 54.6 Å². The summed E-state index contributed by atoms with van der Waals surface area (Å²) < 4.78 is 44.5. The number of hydrogen-bond donors (Lipinski definition) is 1. The number of carbonyl (C=O) groups is 1. The van der Waals surface area contributed by atoms with E-state index in [0.717, 1.165) is 11.6 Å². The Morgan fingerprint density at radius 2 is 2.03 bits per heavy atom. The Kier molecular flexibility index (Phi) is 6.92. The lowest BCUT2D eigenvalue weighted by atomic mass is 9.92. The predicted molar refractivity (Wildman–Crippen MR) is 134 cm³/mol. The van der Waals surface area contributed by atoms with Crippen LogP contribution in [-0.4, -0.2) is 22.5 Å². The Morgan fingerprint density at radius 3 is 2.71 bits per heavy atom. The van der Waals surface area contributed by atoms with E-state index >= 15 is 8.78 Å². The molecule has 6 heteroatoms. The molecule has 0 radical (unpaired) electrons. The Bertz CT molecular complexity index is 1240. The highest BCUT2D eigenvalue weighted by molar-refractivity contribution is 5.97. The third-order valence-electron chi connectivity index (χ3n) is 6.08. The van der Waals surface area contributed by atoms with Gasteiger partial charge in [-0.15, -0.1) is 6.58 Å². The number of pyridine rings is 1. The summed E-state index contributed by atoms with van der Waals surface area (Å²) in [5, 5.41) is 2.54. The molecule has 2 aliphatic carbocycles. The van der Waals surface area contributed by atoms with Gasteiger partial charge in [-0.25, -0.2) is 18.2 Å². The van der Waals surface area contributed by atoms with Crippen molar-refractivity contribution in [3.8, 4) is 0 Å². The smallest absolute Gasteiger partial charge is 0.275 e. The van der Waals surface area contributed by atoms with E-state index in [0.29, 0.717) is 23.3 Å². The fourth-order valence-electron chi connectivity index (χ4n) is 4.20. The van der Waals surface area contributed by atoms with Gasteiger partial charge in [-0.2, -0.15) is 0 Å². The number of nitrogens with one attached hydrogen (secondary N) is 1. The summed E-state index contributed by atoms with van der Waals surface area (Å²) in [7, 11) is 0. The lowest BCUT2D eigenvalue weighted by Gasteiger charge is -2.28. The number of fused-ring (bicyclic) bond motifs is 1. The number of rotatable bonds is 7. The second-order valence-corrected chi connectivity index (χ2v) is 8.97. The number of halogens is 3. The molecule has 0 bridgehead atoms. The van der Waals surface area contributed by atoms with E-state index in [-0.39, 0.29) is 17.7 Å². The minimum Gasteiger partial charge on any atom is -0.338 e. The van der Waals surface area contributed by atoms with Crippen LogP contribution in [0.3, 0.4) is 0 Å². The van der Waals surface area contributed by atoms with E-state index in [9.17, 15) is 9.18 Å². The van der Waals surface area contributed by atoms with Crippen LogP contribution >= 0.6 is 0 Å². The van der Waals surface area contributed by atoms with Crippen LogP contribution in [0.25, 0.3) is 11.6 Å². The fraction of sp³-hybridized carbons (Fsp3) is 0.241. The monoisotopic (exact) mass is 476 g/mol. The Labute approximate surface area is 203 Å². The topological polar surface area (TPSA) is 42.0 Å². The number of nitrogens with zero attached hydrogens (tertiary/aromatic N) is 1. The first kappa shape index (κ1) is 24.5. The lowest BCUT2D eigenvalue weighted by molar-refractivity contribution is -0.0335. The Hall–Kier alpha value is -3.67. The van der Waals surface area contributed by atoms with Crippen molar-refractivity contribution in [3.05, 3.63) is 114 Å². The molecule has 0 saturated heterocycles. The van der Waals surface area contributed by atoms with Gasteiger partial charge in [0.1, 0.15) is 17.4 Å². The molecule has 0 spiro atoms. The lowest BCUT2D eigenvalue weighted by Crippen LogP contribution is -2.41. The number of carbonyl (C=O) groups excluding carboxylic acids is 1. The van der Waals surface area contributed by atoms with E-state index in [1.165, 1.54) is 13.0 Å². The molecule has 2 unspecified atom stereocenters. The third-order valence-corrected chi connectivity index (χ3v) is 6.08. The summed E-state index contributed by atoms with van der Waals surface area (Å²) in [6.07, 6.45) is 13.5. The molecule has 2 atom stereocenters. The van der Waals surface area contributed by atoms with Crippen molar-refractivity contribution in [2.24, 2.45) is 0 Å². The zero-order valence-electron chi connectivity index (χ0n) is 19.5. The highest BCUT2D eigenvalue weighted by Crippen LogP contribution is 2.36. The molecular formula is C29H27F3N2O. The van der Waals surface area contributed by atoms with E-state index in [2.05, 4.69) is 16.9 Å². The molecule has 180 valence electrons. The normalized spacial score (nSPS) is 19.9. The molecule has 2 aromatic rings. The second-order valence-electron chi connectivity index (χ2n) is 8.97. The molecule has 1 aromatic heterocycles. The zero-order chi connectivity index (χ0) is 25.1. The second kappa shape index (κ2) is 9.90. The summed E-state index contributed by atoms with van der Waals surface area (Å²) in [5.41, 5.74) is 1.49. The van der Waals surface area contributed by atoms with Gasteiger partial charge < -0.3 is 5.32 Å². The molecule has 0 fully saturated rings. The zero-order valence-corrected chi connectivity index (χ0v) is 19.5. The number of benzene rings is 1. The molecule has 1 heterocycles. The number of aromatic nitrogens is 1. The molecule has 0 saturated carbocycles. The van der Waals surface area contributed by atoms with E-state index < -0.39 is 30.0 Å². The van der Waals surface area contributed by atoms with Crippen molar-refractivity contribution < 1.29 is 18.0 Å². The standard InChI is InChI=1S/C29H27F3N2O/c1-3-16-29(31,32)26(21-10-6-4-7-11-21)34-27(35)25-23-13-9-5-8-12-22(23)19-24(33-25)20-14-17-28(2,30)18-15-20/h3-11,13-15,17,19,26H,1,12,16,18H2,2H3,(H,34,35). The first-order chi connectivity index (χ1) is 16.7. The summed E-state index contributed by atoms with van der Waals surface area (Å²) in [6, 6.07) is 8.44. The Balaban J connectivity index is 1.76. The minimum absolute atomic E-state index is 0.0515. The molecule has 1 N–H and O–H groups in total. The van der Waals surface area contributed by atoms with Gasteiger partial charge in [0.05, 0.1) is 5.69 Å². The SMILES string of the molecule is C=CCC(F)(F)C(NC(=O)c1nc(C2=CCC(C)(F)C=C2)cc2c1C=CC=CC2)c1ccccc1. The number of hydrogen-bond acceptors (Lipinski definition) is 2. The van der Waals surface area contributed by atoms with Crippen molar-refractivity contribution in [2.45, 2.75) is 43.8 Å². The van der Waals surface area contributed by atoms with Crippen LogP contribution in [0.15, 0.2) is 85.5 Å². The number of amides is 1. The molecule has 2 aliphatic rings. The van der Waals surface area contributed by atoms with Gasteiger partial charge in [-0.05, 0) is 42.2 Å². The first-order valence-electron chi connectivity index (χ1n) is 11.5. The molecule has 35 heavy (non-hydrogen) atoms. The van der Waals surface area contributed by atoms with Crippen molar-refractivity contribution in [2.75, 3.05) is 0 Å². The van der Waals surface area contributed by atoms with Crippen LogP contribution in [0.5, 0.6) is 0 Å². The predicted octanol–water partition coefficient (Wildman–Crippen LogP) is 6.96. The highest BCUT2D eigenvalue weighted by atomic mass is 19.3. The van der Waals surface area contributed by atoms with Gasteiger partial charge in [0.15, 0.2) is 0 Å². The molecular weight excluding hydrogens is 449 g/mol. The fourth-order valence-corrected chi connectivity index (χ4v) is 4.20. The van der Waals surface area contributed by atoms with Gasteiger partial charge in [0, 0.05) is 18.4 Å². The van der Waals surface area contributed by atoms with Crippen molar-refractivity contribution in [3.63, 3.8) is 0 Å². The average Bonchev–Trinajstić information content (AvgIpc) is 3.07. The maximum Gasteiger partial charge on any atom is 0.275 e.